The van der Waals surface area contributed by atoms with E-state index >= 15 is 0 Å². The molecule has 0 fully saturated rings. The molecule has 0 radical (unpaired) electrons. The molecule has 2 rings (SSSR count). The molecule has 0 bridgehead atoms. The van der Waals surface area contributed by atoms with Crippen molar-refractivity contribution in [1.82, 2.24) is 10.6 Å². The molecule has 1 heterocycles. The second kappa shape index (κ2) is 6.31. The van der Waals surface area contributed by atoms with Gasteiger partial charge in [0, 0.05) is 19.1 Å². The molecule has 0 aromatic heterocycles. The summed E-state index contributed by atoms with van der Waals surface area (Å²) in [6, 6.07) is 8.03. The molecule has 1 aromatic rings. The van der Waals surface area contributed by atoms with E-state index in [-0.39, 0.29) is 12.1 Å². The molecule has 19 heavy (non-hydrogen) atoms. The Morgan fingerprint density at radius 2 is 2.21 bits per heavy atom. The average Bonchev–Trinajstić information content (AvgIpc) is 2.38. The third-order valence-corrected chi connectivity index (χ3v) is 2.91. The Hall–Kier alpha value is -1.91. The SMILES string of the molecule is CC(C)NC(=O)NCCN1CCOc2ccccc21. The first-order valence-electron chi connectivity index (χ1n) is 6.68. The summed E-state index contributed by atoms with van der Waals surface area (Å²) in [5.41, 5.74) is 1.10. The van der Waals surface area contributed by atoms with E-state index in [0.717, 1.165) is 24.5 Å². The Balaban J connectivity index is 1.83. The van der Waals surface area contributed by atoms with Crippen LogP contribution in [0.1, 0.15) is 13.8 Å². The van der Waals surface area contributed by atoms with Crippen LogP contribution in [-0.2, 0) is 0 Å². The number of para-hydroxylation sites is 2. The molecule has 1 aromatic carbocycles. The van der Waals surface area contributed by atoms with Crippen molar-refractivity contribution in [3.8, 4) is 5.75 Å². The molecule has 104 valence electrons. The summed E-state index contributed by atoms with van der Waals surface area (Å²) in [5, 5.41) is 5.67. The molecule has 5 nitrogen and oxygen atoms in total. The second-order valence-corrected chi connectivity index (χ2v) is 4.86. The summed E-state index contributed by atoms with van der Waals surface area (Å²) in [4.78, 5) is 13.7. The zero-order valence-electron chi connectivity index (χ0n) is 11.5. The molecule has 0 unspecified atom stereocenters. The number of amides is 2. The summed E-state index contributed by atoms with van der Waals surface area (Å²) in [6.45, 7) is 6.83. The molecule has 0 aliphatic carbocycles. The van der Waals surface area contributed by atoms with E-state index in [4.69, 9.17) is 4.74 Å². The first-order valence-corrected chi connectivity index (χ1v) is 6.68. The van der Waals surface area contributed by atoms with Crippen molar-refractivity contribution < 1.29 is 9.53 Å². The van der Waals surface area contributed by atoms with Crippen LogP contribution in [0.15, 0.2) is 24.3 Å². The first kappa shape index (κ1) is 13.5. The maximum Gasteiger partial charge on any atom is 0.315 e. The highest BCUT2D eigenvalue weighted by Crippen LogP contribution is 2.30. The third kappa shape index (κ3) is 3.77. The van der Waals surface area contributed by atoms with Gasteiger partial charge in [0.05, 0.1) is 12.2 Å². The smallest absolute Gasteiger partial charge is 0.315 e. The summed E-state index contributed by atoms with van der Waals surface area (Å²) < 4.78 is 5.59. The zero-order valence-corrected chi connectivity index (χ0v) is 11.5. The third-order valence-electron chi connectivity index (χ3n) is 2.91. The minimum Gasteiger partial charge on any atom is -0.490 e. The second-order valence-electron chi connectivity index (χ2n) is 4.86. The van der Waals surface area contributed by atoms with Crippen LogP contribution in [0.25, 0.3) is 0 Å². The summed E-state index contributed by atoms with van der Waals surface area (Å²) in [7, 11) is 0. The lowest BCUT2D eigenvalue weighted by Gasteiger charge is -2.31. The van der Waals surface area contributed by atoms with Gasteiger partial charge in [-0.1, -0.05) is 12.1 Å². The van der Waals surface area contributed by atoms with E-state index in [1.807, 2.05) is 38.1 Å². The molecule has 2 N–H and O–H groups in total. The van der Waals surface area contributed by atoms with Crippen molar-refractivity contribution in [3.05, 3.63) is 24.3 Å². The molecule has 0 spiro atoms. The van der Waals surface area contributed by atoms with Gasteiger partial charge in [0.15, 0.2) is 0 Å². The number of carbonyl (C=O) groups excluding carboxylic acids is 1. The molecule has 0 saturated heterocycles. The van der Waals surface area contributed by atoms with Crippen molar-refractivity contribution in [2.75, 3.05) is 31.1 Å². The number of anilines is 1. The number of fused-ring (bicyclic) bond motifs is 1. The lowest BCUT2D eigenvalue weighted by Crippen LogP contribution is -2.44. The number of urea groups is 1. The van der Waals surface area contributed by atoms with E-state index in [0.29, 0.717) is 13.2 Å². The number of nitrogens with zero attached hydrogens (tertiary/aromatic N) is 1. The Morgan fingerprint density at radius 3 is 3.00 bits per heavy atom. The van der Waals surface area contributed by atoms with Crippen LogP contribution in [0.5, 0.6) is 5.75 Å². The van der Waals surface area contributed by atoms with Crippen molar-refractivity contribution in [1.29, 1.82) is 0 Å². The maximum absolute atomic E-state index is 11.5. The molecule has 0 saturated carbocycles. The van der Waals surface area contributed by atoms with E-state index in [1.165, 1.54) is 0 Å². The minimum absolute atomic E-state index is 0.114. The lowest BCUT2D eigenvalue weighted by atomic mass is 10.2. The lowest BCUT2D eigenvalue weighted by molar-refractivity contribution is 0.238. The highest BCUT2D eigenvalue weighted by atomic mass is 16.5. The molecule has 0 atom stereocenters. The van der Waals surface area contributed by atoms with E-state index < -0.39 is 0 Å². The Morgan fingerprint density at radius 1 is 1.42 bits per heavy atom. The molecule has 1 aliphatic heterocycles. The Bertz CT molecular complexity index is 434. The monoisotopic (exact) mass is 263 g/mol. The normalized spacial score (nSPS) is 13.7. The van der Waals surface area contributed by atoms with Crippen LogP contribution in [0.2, 0.25) is 0 Å². The zero-order chi connectivity index (χ0) is 13.7. The molecule has 5 heteroatoms. The van der Waals surface area contributed by atoms with Gasteiger partial charge < -0.3 is 20.3 Å². The molecule has 2 amide bonds. The van der Waals surface area contributed by atoms with E-state index in [9.17, 15) is 4.79 Å². The van der Waals surface area contributed by atoms with Gasteiger partial charge in [0.25, 0.3) is 0 Å². The van der Waals surface area contributed by atoms with Gasteiger partial charge in [-0.25, -0.2) is 4.79 Å². The van der Waals surface area contributed by atoms with Gasteiger partial charge in [0.1, 0.15) is 12.4 Å². The first-order chi connectivity index (χ1) is 9.16. The van der Waals surface area contributed by atoms with Gasteiger partial charge in [-0.2, -0.15) is 0 Å². The van der Waals surface area contributed by atoms with Crippen LogP contribution in [0.4, 0.5) is 10.5 Å². The van der Waals surface area contributed by atoms with Gasteiger partial charge in [-0.15, -0.1) is 0 Å². The van der Waals surface area contributed by atoms with Crippen LogP contribution in [0, 0.1) is 0 Å². The number of hydrogen-bond acceptors (Lipinski definition) is 3. The predicted octanol–water partition coefficient (Wildman–Crippen LogP) is 1.59. The Labute approximate surface area is 113 Å². The quantitative estimate of drug-likeness (QED) is 0.867. The van der Waals surface area contributed by atoms with Gasteiger partial charge in [-0.3, -0.25) is 0 Å². The fourth-order valence-corrected chi connectivity index (χ4v) is 2.08. The highest BCUT2D eigenvalue weighted by Gasteiger charge is 2.16. The van der Waals surface area contributed by atoms with Crippen molar-refractivity contribution in [2.45, 2.75) is 19.9 Å². The maximum atomic E-state index is 11.5. The summed E-state index contributed by atoms with van der Waals surface area (Å²) in [5.74, 6) is 0.917. The molecular weight excluding hydrogens is 242 g/mol. The fraction of sp³-hybridized carbons (Fsp3) is 0.500. The predicted molar refractivity (Wildman–Crippen MR) is 75.8 cm³/mol. The molecule has 1 aliphatic rings. The number of carbonyl (C=O) groups is 1. The van der Waals surface area contributed by atoms with Crippen molar-refractivity contribution in [3.63, 3.8) is 0 Å². The topological polar surface area (TPSA) is 53.6 Å². The summed E-state index contributed by atoms with van der Waals surface area (Å²) in [6.07, 6.45) is 0. The minimum atomic E-state index is -0.114. The van der Waals surface area contributed by atoms with Crippen LogP contribution in [-0.4, -0.2) is 38.3 Å². The highest BCUT2D eigenvalue weighted by molar-refractivity contribution is 5.74. The number of benzene rings is 1. The van der Waals surface area contributed by atoms with E-state index in [1.54, 1.807) is 0 Å². The van der Waals surface area contributed by atoms with Gasteiger partial charge in [0.2, 0.25) is 0 Å². The number of nitrogens with one attached hydrogen (secondary N) is 2. The van der Waals surface area contributed by atoms with Crippen LogP contribution < -0.4 is 20.3 Å². The molecular formula is C14H21N3O2. The fourth-order valence-electron chi connectivity index (χ4n) is 2.08. The largest absolute Gasteiger partial charge is 0.490 e. The van der Waals surface area contributed by atoms with Gasteiger partial charge in [-0.05, 0) is 26.0 Å². The van der Waals surface area contributed by atoms with Crippen LogP contribution >= 0.6 is 0 Å². The average molecular weight is 263 g/mol. The standard InChI is InChI=1S/C14H21N3O2/c1-11(2)16-14(18)15-7-8-17-9-10-19-13-6-4-3-5-12(13)17/h3-6,11H,7-10H2,1-2H3,(H2,15,16,18). The number of hydrogen-bond donors (Lipinski definition) is 2. The van der Waals surface area contributed by atoms with Crippen molar-refractivity contribution in [2.24, 2.45) is 0 Å². The van der Waals surface area contributed by atoms with Gasteiger partial charge >= 0.3 is 6.03 Å². The summed E-state index contributed by atoms with van der Waals surface area (Å²) >= 11 is 0. The Kier molecular flexibility index (Phi) is 4.49. The van der Waals surface area contributed by atoms with Crippen molar-refractivity contribution >= 4 is 11.7 Å². The van der Waals surface area contributed by atoms with Crippen LogP contribution in [0.3, 0.4) is 0 Å². The number of rotatable bonds is 4. The number of ether oxygens (including phenoxy) is 1. The van der Waals surface area contributed by atoms with E-state index in [2.05, 4.69) is 15.5 Å².